The molecule has 0 saturated carbocycles. The first-order valence-corrected chi connectivity index (χ1v) is 11.7. The Balaban J connectivity index is 1.35. The molecule has 0 atom stereocenters. The number of carbonyl (C=O) groups excluding carboxylic acids is 1. The molecule has 0 radical (unpaired) electrons. The monoisotopic (exact) mass is 478 g/mol. The summed E-state index contributed by atoms with van der Waals surface area (Å²) in [4.78, 5) is 19.0. The average molecular weight is 479 g/mol. The van der Waals surface area contributed by atoms with Crippen LogP contribution in [-0.2, 0) is 31.2 Å². The van der Waals surface area contributed by atoms with Gasteiger partial charge in [-0.05, 0) is 56.0 Å². The molecule has 176 valence electrons. The first-order chi connectivity index (χ1) is 16.2. The van der Waals surface area contributed by atoms with Gasteiger partial charge >= 0.3 is 6.09 Å². The normalized spacial score (nSPS) is 13.9. The fourth-order valence-electron chi connectivity index (χ4n) is 4.20. The number of fused-ring (bicyclic) bond motifs is 2. The van der Waals surface area contributed by atoms with Crippen LogP contribution in [0.4, 0.5) is 4.79 Å². The van der Waals surface area contributed by atoms with Crippen molar-refractivity contribution in [1.29, 1.82) is 0 Å². The molecule has 8 nitrogen and oxygen atoms in total. The molecule has 0 spiro atoms. The molecular formula is C25H27ClN6O2. The number of carbonyl (C=O) groups is 1. The number of aromatic nitrogens is 5. The minimum absolute atomic E-state index is 0.273. The van der Waals surface area contributed by atoms with Crippen molar-refractivity contribution < 1.29 is 9.53 Å². The summed E-state index contributed by atoms with van der Waals surface area (Å²) < 4.78 is 7.33. The molecule has 1 amide bonds. The Labute approximate surface area is 202 Å². The first kappa shape index (κ1) is 22.4. The predicted molar refractivity (Wildman–Crippen MR) is 131 cm³/mol. The molecule has 1 N–H and O–H groups in total. The molecule has 4 aromatic rings. The molecule has 1 aliphatic rings. The topological polar surface area (TPSA) is 88.9 Å². The van der Waals surface area contributed by atoms with E-state index in [0.717, 1.165) is 39.8 Å². The third-order valence-corrected chi connectivity index (χ3v) is 6.41. The maximum absolute atomic E-state index is 12.4. The molecule has 2 aromatic heterocycles. The Hall–Kier alpha value is -3.39. The van der Waals surface area contributed by atoms with E-state index in [1.54, 1.807) is 15.8 Å². The largest absolute Gasteiger partial charge is 0.444 e. The van der Waals surface area contributed by atoms with Crippen LogP contribution in [0, 0.1) is 0 Å². The molecule has 0 fully saturated rings. The Morgan fingerprint density at radius 1 is 1.21 bits per heavy atom. The van der Waals surface area contributed by atoms with Crippen LogP contribution in [0.3, 0.4) is 0 Å². The predicted octanol–water partition coefficient (Wildman–Crippen LogP) is 4.90. The number of halogens is 1. The van der Waals surface area contributed by atoms with E-state index in [0.29, 0.717) is 30.4 Å². The third-order valence-electron chi connectivity index (χ3n) is 5.97. The van der Waals surface area contributed by atoms with Gasteiger partial charge in [0.15, 0.2) is 5.82 Å². The van der Waals surface area contributed by atoms with Crippen molar-refractivity contribution in [1.82, 2.24) is 29.9 Å². The lowest BCUT2D eigenvalue weighted by molar-refractivity contribution is 0.0224. The quantitative estimate of drug-likeness (QED) is 0.452. The summed E-state index contributed by atoms with van der Waals surface area (Å²) in [5, 5.41) is 13.2. The number of aryl methyl sites for hydroxylation is 1. The molecule has 0 aliphatic carbocycles. The van der Waals surface area contributed by atoms with E-state index >= 15 is 0 Å². The molecular weight excluding hydrogens is 452 g/mol. The van der Waals surface area contributed by atoms with Crippen molar-refractivity contribution in [2.45, 2.75) is 45.8 Å². The molecule has 1 aliphatic heterocycles. The molecule has 5 rings (SSSR count). The highest BCUT2D eigenvalue weighted by Crippen LogP contribution is 2.29. The number of rotatable bonds is 3. The van der Waals surface area contributed by atoms with Crippen molar-refractivity contribution in [3.63, 3.8) is 0 Å². The molecule has 3 heterocycles. The van der Waals surface area contributed by atoms with Crippen molar-refractivity contribution in [3.05, 3.63) is 64.1 Å². The fraction of sp³-hybridized carbons (Fsp3) is 0.360. The van der Waals surface area contributed by atoms with Crippen LogP contribution in [0.1, 0.15) is 43.3 Å². The Kier molecular flexibility index (Phi) is 5.56. The highest BCUT2D eigenvalue weighted by Gasteiger charge is 2.26. The minimum atomic E-state index is -0.502. The van der Waals surface area contributed by atoms with Crippen LogP contribution >= 0.6 is 11.6 Å². The summed E-state index contributed by atoms with van der Waals surface area (Å²) in [6.07, 6.45) is 2.80. The van der Waals surface area contributed by atoms with Crippen LogP contribution in [0.2, 0.25) is 5.02 Å². The van der Waals surface area contributed by atoms with Crippen molar-refractivity contribution in [2.24, 2.45) is 7.05 Å². The van der Waals surface area contributed by atoms with E-state index in [-0.39, 0.29) is 6.09 Å². The number of nitrogens with zero attached hydrogens (tertiary/aromatic N) is 5. The van der Waals surface area contributed by atoms with Gasteiger partial charge in [-0.15, -0.1) is 0 Å². The lowest BCUT2D eigenvalue weighted by Gasteiger charge is -2.31. The number of H-pyrrole nitrogens is 1. The molecule has 9 heteroatoms. The standard InChI is InChI=1S/C25H27ClN6O2/c1-25(2,3)34-24(33)32-10-9-15-11-17(5-6-18(15)14-32)23-28-21(31(4)30-23)12-16-7-8-20-19(22(16)26)13-27-29-20/h5-8,11,13H,9-10,12,14H2,1-4H3,(H,27,29). The van der Waals surface area contributed by atoms with Gasteiger partial charge in [0.25, 0.3) is 0 Å². The number of amides is 1. The van der Waals surface area contributed by atoms with E-state index in [4.69, 9.17) is 21.3 Å². The van der Waals surface area contributed by atoms with E-state index in [2.05, 4.69) is 27.4 Å². The Bertz CT molecular complexity index is 1380. The second kappa shape index (κ2) is 8.43. The summed E-state index contributed by atoms with van der Waals surface area (Å²) in [5.74, 6) is 1.50. The van der Waals surface area contributed by atoms with Gasteiger partial charge in [0.2, 0.25) is 0 Å². The molecule has 0 bridgehead atoms. The van der Waals surface area contributed by atoms with Gasteiger partial charge in [-0.2, -0.15) is 10.2 Å². The lowest BCUT2D eigenvalue weighted by atomic mass is 9.97. The highest BCUT2D eigenvalue weighted by atomic mass is 35.5. The minimum Gasteiger partial charge on any atom is -0.444 e. The van der Waals surface area contributed by atoms with Crippen molar-refractivity contribution in [3.8, 4) is 11.4 Å². The van der Waals surface area contributed by atoms with Crippen molar-refractivity contribution in [2.75, 3.05) is 6.54 Å². The molecule has 0 unspecified atom stereocenters. The summed E-state index contributed by atoms with van der Waals surface area (Å²) in [6.45, 7) is 6.81. The van der Waals surface area contributed by atoms with Crippen LogP contribution in [-0.4, -0.2) is 48.1 Å². The number of hydrogen-bond donors (Lipinski definition) is 1. The van der Waals surface area contributed by atoms with Gasteiger partial charge in [-0.3, -0.25) is 9.78 Å². The van der Waals surface area contributed by atoms with E-state index in [9.17, 15) is 4.79 Å². The van der Waals surface area contributed by atoms with Crippen LogP contribution in [0.15, 0.2) is 36.5 Å². The number of benzene rings is 2. The zero-order valence-electron chi connectivity index (χ0n) is 19.7. The highest BCUT2D eigenvalue weighted by molar-refractivity contribution is 6.36. The maximum atomic E-state index is 12.4. The number of aromatic amines is 1. The van der Waals surface area contributed by atoms with Gasteiger partial charge in [-0.1, -0.05) is 29.8 Å². The van der Waals surface area contributed by atoms with Crippen LogP contribution in [0.25, 0.3) is 22.3 Å². The molecule has 34 heavy (non-hydrogen) atoms. The summed E-state index contributed by atoms with van der Waals surface area (Å²) in [6, 6.07) is 10.2. The Morgan fingerprint density at radius 3 is 2.82 bits per heavy atom. The smallest absolute Gasteiger partial charge is 0.410 e. The molecule has 2 aromatic carbocycles. The Morgan fingerprint density at radius 2 is 2.03 bits per heavy atom. The molecule has 0 saturated heterocycles. The number of ether oxygens (including phenoxy) is 1. The van der Waals surface area contributed by atoms with Gasteiger partial charge in [0.05, 0.1) is 16.7 Å². The van der Waals surface area contributed by atoms with E-state index in [1.165, 1.54) is 5.56 Å². The van der Waals surface area contributed by atoms with Crippen LogP contribution in [0.5, 0.6) is 0 Å². The van der Waals surface area contributed by atoms with Gasteiger partial charge in [0, 0.05) is 37.5 Å². The lowest BCUT2D eigenvalue weighted by Crippen LogP contribution is -2.39. The third kappa shape index (κ3) is 4.37. The van der Waals surface area contributed by atoms with E-state index in [1.807, 2.05) is 46.0 Å². The van der Waals surface area contributed by atoms with E-state index < -0.39 is 5.60 Å². The average Bonchev–Trinajstić information content (AvgIpc) is 3.41. The van der Waals surface area contributed by atoms with Gasteiger partial charge in [-0.25, -0.2) is 9.78 Å². The number of hydrogen-bond acceptors (Lipinski definition) is 5. The second-order valence-electron chi connectivity index (χ2n) is 9.66. The number of nitrogens with one attached hydrogen (secondary N) is 1. The van der Waals surface area contributed by atoms with Gasteiger partial charge < -0.3 is 9.64 Å². The van der Waals surface area contributed by atoms with Crippen LogP contribution < -0.4 is 0 Å². The van der Waals surface area contributed by atoms with Gasteiger partial charge in [0.1, 0.15) is 11.4 Å². The summed E-state index contributed by atoms with van der Waals surface area (Å²) >= 11 is 6.60. The second-order valence-corrected chi connectivity index (χ2v) is 10.0. The maximum Gasteiger partial charge on any atom is 0.410 e. The first-order valence-electron chi connectivity index (χ1n) is 11.3. The SMILES string of the molecule is Cn1nc(-c2ccc3c(c2)CCN(C(=O)OC(C)(C)C)C3)nc1Cc1ccc2[nH]ncc2c1Cl. The zero-order valence-corrected chi connectivity index (χ0v) is 20.5. The zero-order chi connectivity index (χ0) is 24.0. The summed E-state index contributed by atoms with van der Waals surface area (Å²) in [7, 11) is 1.90. The summed E-state index contributed by atoms with van der Waals surface area (Å²) in [5.41, 5.74) is 4.68. The fourth-order valence-corrected chi connectivity index (χ4v) is 4.48. The van der Waals surface area contributed by atoms with Crippen molar-refractivity contribution >= 4 is 28.6 Å².